The van der Waals surface area contributed by atoms with Crippen molar-refractivity contribution in [1.82, 2.24) is 24.1 Å². The Hall–Kier alpha value is -2.74. The summed E-state index contributed by atoms with van der Waals surface area (Å²) in [5, 5.41) is 4.48. The van der Waals surface area contributed by atoms with Gasteiger partial charge in [0.2, 0.25) is 0 Å². The van der Waals surface area contributed by atoms with Gasteiger partial charge in [-0.3, -0.25) is 9.13 Å². The van der Waals surface area contributed by atoms with Crippen LogP contribution in [-0.4, -0.2) is 30.1 Å². The van der Waals surface area contributed by atoms with E-state index in [4.69, 9.17) is 0 Å². The number of hydrogen-bond acceptors (Lipinski definition) is 6. The second-order valence-corrected chi connectivity index (χ2v) is 8.47. The summed E-state index contributed by atoms with van der Waals surface area (Å²) in [7, 11) is 0. The Morgan fingerprint density at radius 2 is 1.96 bits per heavy atom. The van der Waals surface area contributed by atoms with E-state index in [1.165, 1.54) is 11.0 Å². The van der Waals surface area contributed by atoms with E-state index in [0.717, 1.165) is 47.5 Å². The molecule has 2 saturated carbocycles. The molecule has 27 heavy (non-hydrogen) atoms. The lowest BCUT2D eigenvalue weighted by molar-refractivity contribution is 0.280. The van der Waals surface area contributed by atoms with Crippen LogP contribution >= 0.6 is 11.3 Å². The molecule has 0 spiro atoms. The minimum Gasteiger partial charge on any atom is -0.359 e. The normalized spacial score (nSPS) is 22.2. The molecule has 0 saturated heterocycles. The van der Waals surface area contributed by atoms with Crippen molar-refractivity contribution in [2.24, 2.45) is 0 Å². The van der Waals surface area contributed by atoms with E-state index in [9.17, 15) is 4.79 Å². The molecular weight excluding hydrogens is 360 g/mol. The van der Waals surface area contributed by atoms with Gasteiger partial charge in [-0.05, 0) is 37.8 Å². The van der Waals surface area contributed by atoms with Crippen LogP contribution in [0.1, 0.15) is 37.8 Å². The van der Waals surface area contributed by atoms with Crippen LogP contribution in [0.25, 0.3) is 21.4 Å². The summed E-state index contributed by atoms with van der Waals surface area (Å²) in [6.07, 6.45) is 7.26. The fourth-order valence-electron chi connectivity index (χ4n) is 4.02. The Balaban J connectivity index is 1.26. The van der Waals surface area contributed by atoms with Gasteiger partial charge in [0.05, 0.1) is 16.4 Å². The predicted molar refractivity (Wildman–Crippen MR) is 105 cm³/mol. The molecule has 0 bridgehead atoms. The molecule has 136 valence electrons. The number of aromatic nitrogens is 5. The van der Waals surface area contributed by atoms with Crippen molar-refractivity contribution in [3.05, 3.63) is 47.3 Å². The Kier molecular flexibility index (Phi) is 3.19. The average Bonchev–Trinajstić information content (AvgIpc) is 3.32. The maximum atomic E-state index is 13.0. The molecule has 0 unspecified atom stereocenters. The van der Waals surface area contributed by atoms with E-state index in [-0.39, 0.29) is 11.7 Å². The van der Waals surface area contributed by atoms with Crippen LogP contribution < -0.4 is 11.0 Å². The number of thiazole rings is 1. The highest BCUT2D eigenvalue weighted by molar-refractivity contribution is 7.22. The van der Waals surface area contributed by atoms with E-state index in [0.29, 0.717) is 12.1 Å². The molecule has 8 heteroatoms. The minimum absolute atomic E-state index is 0.0661. The number of imidazole rings is 1. The van der Waals surface area contributed by atoms with Gasteiger partial charge in [0.15, 0.2) is 10.8 Å². The largest absolute Gasteiger partial charge is 0.359 e. The standard InChI is InChI=1S/C19H18N6OS/c26-19-24(12-5-6-12)15-9-20-10-21-17(15)25(19)13-7-11(8-13)22-18-23-14-3-1-2-4-16(14)27-18/h1-4,9-13H,5-8H2,(H,22,23). The summed E-state index contributed by atoms with van der Waals surface area (Å²) < 4.78 is 4.96. The van der Waals surface area contributed by atoms with Crippen molar-refractivity contribution in [3.63, 3.8) is 0 Å². The number of nitrogens with zero attached hydrogens (tertiary/aromatic N) is 5. The molecular formula is C19H18N6OS. The number of hydrogen-bond donors (Lipinski definition) is 1. The number of para-hydroxylation sites is 1. The van der Waals surface area contributed by atoms with E-state index in [1.54, 1.807) is 17.5 Å². The van der Waals surface area contributed by atoms with Crippen LogP contribution in [0.3, 0.4) is 0 Å². The molecule has 2 aliphatic carbocycles. The molecule has 1 aromatic carbocycles. The summed E-state index contributed by atoms with van der Waals surface area (Å²) in [4.78, 5) is 26.2. The molecule has 1 N–H and O–H groups in total. The third kappa shape index (κ3) is 2.39. The van der Waals surface area contributed by atoms with Gasteiger partial charge < -0.3 is 5.32 Å². The van der Waals surface area contributed by atoms with Crippen molar-refractivity contribution in [2.75, 3.05) is 5.32 Å². The van der Waals surface area contributed by atoms with E-state index in [1.807, 2.05) is 27.3 Å². The highest BCUT2D eigenvalue weighted by Gasteiger charge is 2.36. The molecule has 4 aromatic rings. The van der Waals surface area contributed by atoms with Crippen molar-refractivity contribution in [1.29, 1.82) is 0 Å². The molecule has 0 atom stereocenters. The topological polar surface area (TPSA) is 77.6 Å². The molecule has 3 aromatic heterocycles. The van der Waals surface area contributed by atoms with E-state index in [2.05, 4.69) is 26.3 Å². The molecule has 0 aliphatic heterocycles. The van der Waals surface area contributed by atoms with Gasteiger partial charge in [0.1, 0.15) is 11.8 Å². The van der Waals surface area contributed by atoms with Crippen LogP contribution in [0.4, 0.5) is 5.13 Å². The Morgan fingerprint density at radius 3 is 2.78 bits per heavy atom. The Bertz CT molecular complexity index is 1180. The van der Waals surface area contributed by atoms with Crippen LogP contribution in [0.5, 0.6) is 0 Å². The first-order valence-electron chi connectivity index (χ1n) is 9.32. The minimum atomic E-state index is 0.0661. The fraction of sp³-hybridized carbons (Fsp3) is 0.368. The third-order valence-corrected chi connectivity index (χ3v) is 6.55. The predicted octanol–water partition coefficient (Wildman–Crippen LogP) is 3.35. The van der Waals surface area contributed by atoms with Gasteiger partial charge in [0, 0.05) is 18.1 Å². The van der Waals surface area contributed by atoms with Gasteiger partial charge in [-0.15, -0.1) is 0 Å². The number of anilines is 1. The summed E-state index contributed by atoms with van der Waals surface area (Å²) in [5.41, 5.74) is 2.73. The molecule has 2 aliphatic rings. The van der Waals surface area contributed by atoms with Crippen molar-refractivity contribution in [2.45, 2.75) is 43.8 Å². The monoisotopic (exact) mass is 378 g/mol. The van der Waals surface area contributed by atoms with Gasteiger partial charge in [-0.1, -0.05) is 23.5 Å². The van der Waals surface area contributed by atoms with Gasteiger partial charge >= 0.3 is 5.69 Å². The van der Waals surface area contributed by atoms with Crippen LogP contribution in [0.15, 0.2) is 41.6 Å². The number of benzene rings is 1. The molecule has 0 radical (unpaired) electrons. The van der Waals surface area contributed by atoms with Crippen molar-refractivity contribution < 1.29 is 0 Å². The third-order valence-electron chi connectivity index (χ3n) is 5.58. The van der Waals surface area contributed by atoms with Crippen molar-refractivity contribution >= 4 is 37.8 Å². The van der Waals surface area contributed by atoms with E-state index < -0.39 is 0 Å². The van der Waals surface area contributed by atoms with E-state index >= 15 is 0 Å². The first kappa shape index (κ1) is 15.3. The lowest BCUT2D eigenvalue weighted by Crippen LogP contribution is -2.41. The summed E-state index contributed by atoms with van der Waals surface area (Å²) in [5.74, 6) is 0. The fourth-order valence-corrected chi connectivity index (χ4v) is 4.96. The maximum Gasteiger partial charge on any atom is 0.330 e. The zero-order valence-corrected chi connectivity index (χ0v) is 15.4. The number of rotatable bonds is 4. The molecule has 2 fully saturated rings. The number of nitrogens with one attached hydrogen (secondary N) is 1. The number of fused-ring (bicyclic) bond motifs is 2. The Labute approximate surface area is 158 Å². The zero-order chi connectivity index (χ0) is 18.0. The average molecular weight is 378 g/mol. The van der Waals surface area contributed by atoms with Gasteiger partial charge in [-0.2, -0.15) is 0 Å². The highest BCUT2D eigenvalue weighted by Crippen LogP contribution is 2.39. The molecule has 3 heterocycles. The first-order valence-corrected chi connectivity index (χ1v) is 10.1. The van der Waals surface area contributed by atoms with Crippen LogP contribution in [-0.2, 0) is 0 Å². The highest BCUT2D eigenvalue weighted by atomic mass is 32.1. The van der Waals surface area contributed by atoms with Crippen LogP contribution in [0.2, 0.25) is 0 Å². The summed E-state index contributed by atoms with van der Waals surface area (Å²) in [6, 6.07) is 9.01. The van der Waals surface area contributed by atoms with Gasteiger partial charge in [0.25, 0.3) is 0 Å². The smallest absolute Gasteiger partial charge is 0.330 e. The molecule has 7 nitrogen and oxygen atoms in total. The van der Waals surface area contributed by atoms with Crippen molar-refractivity contribution in [3.8, 4) is 0 Å². The summed E-state index contributed by atoms with van der Waals surface area (Å²) >= 11 is 1.68. The van der Waals surface area contributed by atoms with Crippen LogP contribution in [0, 0.1) is 0 Å². The second-order valence-electron chi connectivity index (χ2n) is 7.44. The lowest BCUT2D eigenvalue weighted by Gasteiger charge is -2.36. The maximum absolute atomic E-state index is 13.0. The summed E-state index contributed by atoms with van der Waals surface area (Å²) in [6.45, 7) is 0. The molecule has 0 amide bonds. The quantitative estimate of drug-likeness (QED) is 0.589. The Morgan fingerprint density at radius 1 is 1.11 bits per heavy atom. The SMILES string of the molecule is O=c1n(C2CC2)c2cncnc2n1C1CC(Nc2nc3ccccc3s2)C1. The second kappa shape index (κ2) is 5.63. The molecule has 6 rings (SSSR count). The zero-order valence-electron chi connectivity index (χ0n) is 14.6. The lowest BCUT2D eigenvalue weighted by atomic mass is 9.86. The van der Waals surface area contributed by atoms with Gasteiger partial charge in [-0.25, -0.2) is 19.7 Å². The first-order chi connectivity index (χ1) is 13.3.